The molecular weight excluding hydrogens is 408 g/mol. The van der Waals surface area contributed by atoms with Crippen LogP contribution in [0.25, 0.3) is 22.4 Å². The number of nitrogens with zero attached hydrogens (tertiary/aromatic N) is 3. The molecule has 0 spiro atoms. The molecule has 0 fully saturated rings. The Balaban J connectivity index is 1.25. The van der Waals surface area contributed by atoms with E-state index in [0.29, 0.717) is 18.2 Å². The van der Waals surface area contributed by atoms with Crippen LogP contribution in [0.5, 0.6) is 0 Å². The number of benzene rings is 2. The van der Waals surface area contributed by atoms with Crippen LogP contribution >= 0.6 is 0 Å². The van der Waals surface area contributed by atoms with E-state index in [-0.39, 0.29) is 5.91 Å². The molecule has 2 aromatic heterocycles. The highest BCUT2D eigenvalue weighted by molar-refractivity contribution is 5.92. The monoisotopic (exact) mass is 438 g/mol. The van der Waals surface area contributed by atoms with Crippen molar-refractivity contribution in [1.29, 1.82) is 0 Å². The Hall–Kier alpha value is -3.60. The maximum atomic E-state index is 12.4. The minimum Gasteiger partial charge on any atom is -0.350 e. The third kappa shape index (κ3) is 4.36. The Bertz CT molecular complexity index is 1300. The highest BCUT2D eigenvalue weighted by atomic mass is 16.1. The zero-order chi connectivity index (χ0) is 22.9. The Labute approximate surface area is 195 Å². The second-order valence-electron chi connectivity index (χ2n) is 9.19. The molecule has 1 N–H and O–H groups in total. The van der Waals surface area contributed by atoms with Gasteiger partial charge in [0.1, 0.15) is 11.5 Å². The van der Waals surface area contributed by atoms with Crippen LogP contribution in [0.3, 0.4) is 0 Å². The number of rotatable bonds is 5. The fourth-order valence-corrected chi connectivity index (χ4v) is 4.60. The van der Waals surface area contributed by atoms with Crippen LogP contribution in [0.2, 0.25) is 0 Å². The van der Waals surface area contributed by atoms with Crippen molar-refractivity contribution in [3.63, 3.8) is 0 Å². The number of aryl methyl sites for hydroxylation is 4. The van der Waals surface area contributed by atoms with Crippen LogP contribution < -0.4 is 5.32 Å². The van der Waals surface area contributed by atoms with E-state index in [2.05, 4.69) is 72.4 Å². The lowest BCUT2D eigenvalue weighted by molar-refractivity contribution is 0.0935. The van der Waals surface area contributed by atoms with Crippen LogP contribution in [-0.4, -0.2) is 26.6 Å². The molecule has 2 aromatic carbocycles. The smallest absolute Gasteiger partial charge is 0.267 e. The summed E-state index contributed by atoms with van der Waals surface area (Å²) in [4.78, 5) is 17.3. The van der Waals surface area contributed by atoms with E-state index in [9.17, 15) is 4.79 Å². The molecule has 1 unspecified atom stereocenters. The third-order valence-corrected chi connectivity index (χ3v) is 6.84. The average molecular weight is 439 g/mol. The van der Waals surface area contributed by atoms with Gasteiger partial charge >= 0.3 is 0 Å². The summed E-state index contributed by atoms with van der Waals surface area (Å²) >= 11 is 0. The quantitative estimate of drug-likeness (QED) is 0.468. The Morgan fingerprint density at radius 2 is 1.79 bits per heavy atom. The Morgan fingerprint density at radius 1 is 1.03 bits per heavy atom. The normalized spacial score (nSPS) is 15.3. The van der Waals surface area contributed by atoms with Gasteiger partial charge in [-0.15, -0.1) is 0 Å². The fraction of sp³-hybridized carbons (Fsp3) is 0.286. The molecule has 33 heavy (non-hydrogen) atoms. The van der Waals surface area contributed by atoms with Crippen molar-refractivity contribution < 1.29 is 4.79 Å². The van der Waals surface area contributed by atoms with Crippen molar-refractivity contribution in [2.45, 2.75) is 33.2 Å². The van der Waals surface area contributed by atoms with Gasteiger partial charge in [-0.1, -0.05) is 42.5 Å². The van der Waals surface area contributed by atoms with E-state index >= 15 is 0 Å². The second kappa shape index (κ2) is 8.74. The molecule has 1 aliphatic heterocycles. The largest absolute Gasteiger partial charge is 0.350 e. The third-order valence-electron chi connectivity index (χ3n) is 6.84. The number of hydrogen-bond acceptors (Lipinski definition) is 2. The lowest BCUT2D eigenvalue weighted by atomic mass is 9.99. The molecule has 4 aromatic rings. The predicted octanol–water partition coefficient (Wildman–Crippen LogP) is 5.16. The minimum atomic E-state index is -0.0107. The molecule has 5 heteroatoms. The number of nitrogens with one attached hydrogen (secondary N) is 1. The lowest BCUT2D eigenvalue weighted by Gasteiger charge is -2.23. The fourth-order valence-electron chi connectivity index (χ4n) is 4.60. The summed E-state index contributed by atoms with van der Waals surface area (Å²) in [6, 6.07) is 19.0. The summed E-state index contributed by atoms with van der Waals surface area (Å²) in [6.45, 7) is 5.87. The highest BCUT2D eigenvalue weighted by Crippen LogP contribution is 2.28. The number of fused-ring (bicyclic) bond motifs is 1. The molecule has 5 nitrogen and oxygen atoms in total. The molecule has 0 bridgehead atoms. The van der Waals surface area contributed by atoms with E-state index < -0.39 is 0 Å². The predicted molar refractivity (Wildman–Crippen MR) is 132 cm³/mol. The van der Waals surface area contributed by atoms with Crippen LogP contribution in [0.4, 0.5) is 0 Å². The van der Waals surface area contributed by atoms with Crippen LogP contribution in [0.15, 0.2) is 67.0 Å². The van der Waals surface area contributed by atoms with Crippen molar-refractivity contribution in [2.24, 2.45) is 13.0 Å². The van der Waals surface area contributed by atoms with Gasteiger partial charge in [-0.2, -0.15) is 0 Å². The molecule has 1 amide bonds. The van der Waals surface area contributed by atoms with Gasteiger partial charge in [-0.05, 0) is 60.6 Å². The van der Waals surface area contributed by atoms with E-state index in [1.807, 2.05) is 29.9 Å². The molecule has 0 saturated heterocycles. The van der Waals surface area contributed by atoms with Gasteiger partial charge in [0.25, 0.3) is 5.91 Å². The Kier molecular flexibility index (Phi) is 5.63. The molecule has 0 saturated carbocycles. The number of imidazole rings is 1. The molecule has 5 rings (SSSR count). The number of hydrogen-bond donors (Lipinski definition) is 1. The van der Waals surface area contributed by atoms with Crippen LogP contribution in [0.1, 0.15) is 33.9 Å². The SMILES string of the molecule is Cc1ccc(-c2ccc(-c3cn4c(n3)CCC(CNC(=O)c3cccn3C)C4)cc2)cc1C. The molecule has 3 heterocycles. The van der Waals surface area contributed by atoms with Crippen molar-refractivity contribution >= 4 is 5.91 Å². The Morgan fingerprint density at radius 3 is 2.52 bits per heavy atom. The van der Waals surface area contributed by atoms with Crippen LogP contribution in [-0.2, 0) is 20.0 Å². The first-order chi connectivity index (χ1) is 16.0. The van der Waals surface area contributed by atoms with Gasteiger partial charge in [0.2, 0.25) is 0 Å². The maximum Gasteiger partial charge on any atom is 0.267 e. The number of amides is 1. The van der Waals surface area contributed by atoms with Crippen molar-refractivity contribution in [1.82, 2.24) is 19.4 Å². The topological polar surface area (TPSA) is 51.9 Å². The van der Waals surface area contributed by atoms with E-state index in [1.165, 1.54) is 22.3 Å². The zero-order valence-corrected chi connectivity index (χ0v) is 19.5. The minimum absolute atomic E-state index is 0.0107. The van der Waals surface area contributed by atoms with Gasteiger partial charge in [0.05, 0.1) is 5.69 Å². The van der Waals surface area contributed by atoms with Crippen molar-refractivity contribution in [2.75, 3.05) is 6.54 Å². The van der Waals surface area contributed by atoms with Crippen molar-refractivity contribution in [3.05, 3.63) is 89.6 Å². The molecule has 0 aliphatic carbocycles. The number of carbonyl (C=O) groups excluding carboxylic acids is 1. The van der Waals surface area contributed by atoms with Gasteiger partial charge in [-0.25, -0.2) is 4.98 Å². The maximum absolute atomic E-state index is 12.4. The average Bonchev–Trinajstić information content (AvgIpc) is 3.45. The van der Waals surface area contributed by atoms with Gasteiger partial charge < -0.3 is 14.5 Å². The molecule has 1 aliphatic rings. The highest BCUT2D eigenvalue weighted by Gasteiger charge is 2.22. The summed E-state index contributed by atoms with van der Waals surface area (Å²) in [5.74, 6) is 1.53. The standard InChI is InChI=1S/C28H30N4O/c1-19-6-8-24(15-20(19)2)22-9-11-23(12-10-22)25-18-32-17-21(7-13-27(32)30-25)16-29-28(33)26-5-4-14-31(26)3/h4-6,8-12,14-15,18,21H,7,13,16-17H2,1-3H3,(H,29,33). The lowest BCUT2D eigenvalue weighted by Crippen LogP contribution is -2.34. The first kappa shape index (κ1) is 21.3. The molecular formula is C28H30N4O. The summed E-state index contributed by atoms with van der Waals surface area (Å²) in [5, 5.41) is 3.10. The second-order valence-corrected chi connectivity index (χ2v) is 9.19. The zero-order valence-electron chi connectivity index (χ0n) is 19.5. The van der Waals surface area contributed by atoms with Gasteiger partial charge in [0, 0.05) is 44.5 Å². The van der Waals surface area contributed by atoms with E-state index in [4.69, 9.17) is 4.98 Å². The summed E-state index contributed by atoms with van der Waals surface area (Å²) < 4.78 is 4.11. The van der Waals surface area contributed by atoms with E-state index in [0.717, 1.165) is 36.5 Å². The first-order valence-corrected chi connectivity index (χ1v) is 11.6. The van der Waals surface area contributed by atoms with Crippen molar-refractivity contribution in [3.8, 4) is 22.4 Å². The summed E-state index contributed by atoms with van der Waals surface area (Å²) in [6.07, 6.45) is 6.02. The summed E-state index contributed by atoms with van der Waals surface area (Å²) in [7, 11) is 1.89. The molecule has 168 valence electrons. The van der Waals surface area contributed by atoms with E-state index in [1.54, 1.807) is 0 Å². The number of aromatic nitrogens is 3. The number of carbonyl (C=O) groups is 1. The van der Waals surface area contributed by atoms with Gasteiger partial charge in [0.15, 0.2) is 0 Å². The molecule has 0 radical (unpaired) electrons. The molecule has 1 atom stereocenters. The van der Waals surface area contributed by atoms with Crippen LogP contribution in [0, 0.1) is 19.8 Å². The first-order valence-electron chi connectivity index (χ1n) is 11.6. The summed E-state index contributed by atoms with van der Waals surface area (Å²) in [5.41, 5.74) is 7.95. The van der Waals surface area contributed by atoms with Gasteiger partial charge in [-0.3, -0.25) is 4.79 Å².